The first-order valence-corrected chi connectivity index (χ1v) is 11.8. The van der Waals surface area contributed by atoms with E-state index in [1.165, 1.54) is 11.7 Å². The highest BCUT2D eigenvalue weighted by Gasteiger charge is 2.56. The molecule has 4 heterocycles. The Bertz CT molecular complexity index is 1480. The fourth-order valence-electron chi connectivity index (χ4n) is 4.85. The van der Waals surface area contributed by atoms with Gasteiger partial charge < -0.3 is 23.5 Å². The van der Waals surface area contributed by atoms with Crippen molar-refractivity contribution in [3.63, 3.8) is 0 Å². The molecular weight excluding hydrogens is 464 g/mol. The van der Waals surface area contributed by atoms with Crippen LogP contribution in [0.25, 0.3) is 22.3 Å². The summed E-state index contributed by atoms with van der Waals surface area (Å²) in [6.07, 6.45) is -0.695. The Morgan fingerprint density at radius 2 is 1.94 bits per heavy atom. The van der Waals surface area contributed by atoms with Gasteiger partial charge in [0.1, 0.15) is 11.3 Å². The lowest BCUT2D eigenvalue weighted by molar-refractivity contribution is -0.156. The SMILES string of the molecule is CC[C@@]1(c2cc3n(c(=O)c2C(=O)OC)Cc2cc4cc(OC)ccc4nc2-3)O[C@@H](C(C)(C)C)OC1=O. The number of benzene rings is 1. The molecule has 36 heavy (non-hydrogen) atoms. The van der Waals surface area contributed by atoms with Gasteiger partial charge in [0.05, 0.1) is 37.7 Å². The number of aromatic nitrogens is 2. The quantitative estimate of drug-likeness (QED) is 0.397. The highest BCUT2D eigenvalue weighted by molar-refractivity contribution is 5.96. The number of cyclic esters (lactones) is 1. The van der Waals surface area contributed by atoms with E-state index < -0.39 is 34.8 Å². The van der Waals surface area contributed by atoms with E-state index >= 15 is 0 Å². The van der Waals surface area contributed by atoms with Crippen LogP contribution in [0.15, 0.2) is 35.1 Å². The van der Waals surface area contributed by atoms with Gasteiger partial charge in [-0.1, -0.05) is 27.7 Å². The van der Waals surface area contributed by atoms with Gasteiger partial charge in [0, 0.05) is 21.9 Å². The van der Waals surface area contributed by atoms with E-state index in [-0.39, 0.29) is 24.1 Å². The summed E-state index contributed by atoms with van der Waals surface area (Å²) in [4.78, 5) is 44.8. The first-order valence-electron chi connectivity index (χ1n) is 11.8. The summed E-state index contributed by atoms with van der Waals surface area (Å²) in [5.74, 6) is -0.786. The summed E-state index contributed by atoms with van der Waals surface area (Å²) >= 11 is 0. The van der Waals surface area contributed by atoms with Gasteiger partial charge in [0.25, 0.3) is 5.56 Å². The van der Waals surface area contributed by atoms with E-state index in [0.717, 1.165) is 16.5 Å². The molecule has 0 bridgehead atoms. The molecule has 2 aliphatic rings. The number of rotatable bonds is 4. The number of methoxy groups -OCH3 is 2. The largest absolute Gasteiger partial charge is 0.497 e. The lowest BCUT2D eigenvalue weighted by atomic mass is 9.87. The maximum atomic E-state index is 13.8. The minimum Gasteiger partial charge on any atom is -0.497 e. The van der Waals surface area contributed by atoms with Crippen molar-refractivity contribution in [1.29, 1.82) is 0 Å². The maximum Gasteiger partial charge on any atom is 0.345 e. The van der Waals surface area contributed by atoms with E-state index in [2.05, 4.69) is 0 Å². The van der Waals surface area contributed by atoms with Gasteiger partial charge in [0.15, 0.2) is 5.60 Å². The lowest BCUT2D eigenvalue weighted by Crippen LogP contribution is -2.40. The van der Waals surface area contributed by atoms with Gasteiger partial charge in [0.2, 0.25) is 6.29 Å². The molecule has 9 nitrogen and oxygen atoms in total. The van der Waals surface area contributed by atoms with E-state index in [9.17, 15) is 14.4 Å². The molecule has 3 aromatic rings. The van der Waals surface area contributed by atoms with Gasteiger partial charge in [-0.15, -0.1) is 0 Å². The fourth-order valence-corrected chi connectivity index (χ4v) is 4.85. The standard InChI is InChI=1S/C27H28N2O7/c1-7-27(24(32)35-25(36-27)26(2,3)4)17-12-19-21-15(13-29(19)22(30)20(17)23(31)34-6)10-14-11-16(33-5)8-9-18(14)28-21/h8-12,25H,7,13H2,1-6H3/t25-,27-/m0/s1. The maximum absolute atomic E-state index is 13.8. The summed E-state index contributed by atoms with van der Waals surface area (Å²) in [5, 5.41) is 0.864. The molecule has 0 aliphatic carbocycles. The molecule has 188 valence electrons. The number of hydrogen-bond donors (Lipinski definition) is 0. The second-order valence-electron chi connectivity index (χ2n) is 10.2. The van der Waals surface area contributed by atoms with Crippen LogP contribution in [0.1, 0.15) is 55.6 Å². The molecule has 2 atom stereocenters. The average Bonchev–Trinajstić information content (AvgIpc) is 3.39. The number of carbonyl (C=O) groups is 2. The number of pyridine rings is 2. The minimum absolute atomic E-state index is 0.134. The summed E-state index contributed by atoms with van der Waals surface area (Å²) in [7, 11) is 2.79. The second-order valence-corrected chi connectivity index (χ2v) is 10.2. The van der Waals surface area contributed by atoms with Crippen molar-refractivity contribution in [2.45, 2.75) is 52.6 Å². The molecule has 1 saturated heterocycles. The molecule has 5 rings (SSSR count). The molecule has 1 aromatic carbocycles. The third-order valence-corrected chi connectivity index (χ3v) is 6.85. The molecule has 0 amide bonds. The fraction of sp³-hybridized carbons (Fsp3) is 0.407. The van der Waals surface area contributed by atoms with Crippen LogP contribution in [0.2, 0.25) is 0 Å². The monoisotopic (exact) mass is 492 g/mol. The van der Waals surface area contributed by atoms with Crippen molar-refractivity contribution in [1.82, 2.24) is 9.55 Å². The predicted octanol–water partition coefficient (Wildman–Crippen LogP) is 3.77. The Kier molecular flexibility index (Phi) is 5.44. The van der Waals surface area contributed by atoms with Crippen molar-refractivity contribution >= 4 is 22.8 Å². The minimum atomic E-state index is -1.64. The first-order chi connectivity index (χ1) is 17.0. The highest BCUT2D eigenvalue weighted by atomic mass is 16.8. The van der Waals surface area contributed by atoms with E-state index in [1.807, 2.05) is 45.0 Å². The van der Waals surface area contributed by atoms with Crippen LogP contribution in [0.3, 0.4) is 0 Å². The molecule has 0 spiro atoms. The van der Waals surface area contributed by atoms with Crippen LogP contribution in [0.5, 0.6) is 5.75 Å². The van der Waals surface area contributed by atoms with Crippen LogP contribution in [-0.4, -0.2) is 42.0 Å². The number of esters is 2. The van der Waals surface area contributed by atoms with Gasteiger partial charge in [-0.2, -0.15) is 0 Å². The first kappa shape index (κ1) is 24.0. The van der Waals surface area contributed by atoms with Crippen LogP contribution < -0.4 is 10.3 Å². The van der Waals surface area contributed by atoms with Crippen molar-refractivity contribution in [3.05, 3.63) is 57.4 Å². The zero-order valence-electron chi connectivity index (χ0n) is 21.1. The lowest BCUT2D eigenvalue weighted by Gasteiger charge is -2.29. The van der Waals surface area contributed by atoms with E-state index in [0.29, 0.717) is 17.1 Å². The molecule has 0 saturated carbocycles. The molecule has 1 fully saturated rings. The highest BCUT2D eigenvalue weighted by Crippen LogP contribution is 2.45. The van der Waals surface area contributed by atoms with E-state index in [4.69, 9.17) is 23.9 Å². The number of nitrogens with zero attached hydrogens (tertiary/aromatic N) is 2. The van der Waals surface area contributed by atoms with Gasteiger partial charge in [-0.05, 0) is 36.8 Å². The molecule has 9 heteroatoms. The summed E-state index contributed by atoms with van der Waals surface area (Å²) in [6, 6.07) is 9.14. The van der Waals surface area contributed by atoms with Crippen LogP contribution >= 0.6 is 0 Å². The number of carbonyl (C=O) groups excluding carboxylic acids is 2. The molecule has 2 aromatic heterocycles. The summed E-state index contributed by atoms with van der Waals surface area (Å²) < 4.78 is 23.6. The third-order valence-electron chi connectivity index (χ3n) is 6.85. The van der Waals surface area contributed by atoms with Gasteiger partial charge in [-0.25, -0.2) is 14.6 Å². The number of fused-ring (bicyclic) bond motifs is 4. The van der Waals surface area contributed by atoms with Gasteiger partial charge >= 0.3 is 11.9 Å². The topological polar surface area (TPSA) is 106 Å². The molecule has 0 radical (unpaired) electrons. The summed E-state index contributed by atoms with van der Waals surface area (Å²) in [6.45, 7) is 7.63. The Morgan fingerprint density at radius 1 is 1.19 bits per heavy atom. The smallest absolute Gasteiger partial charge is 0.345 e. The Hall–Kier alpha value is -3.72. The predicted molar refractivity (Wildman–Crippen MR) is 131 cm³/mol. The van der Waals surface area contributed by atoms with Crippen LogP contribution in [0, 0.1) is 5.41 Å². The normalized spacial score (nSPS) is 20.7. The van der Waals surface area contributed by atoms with Crippen LogP contribution in [-0.2, 0) is 31.2 Å². The van der Waals surface area contributed by atoms with Crippen molar-refractivity contribution < 1.29 is 28.5 Å². The third kappa shape index (κ3) is 3.41. The number of hydrogen-bond acceptors (Lipinski definition) is 8. The zero-order chi connectivity index (χ0) is 26.0. The Morgan fingerprint density at radius 3 is 2.56 bits per heavy atom. The molecule has 0 unspecified atom stereocenters. The van der Waals surface area contributed by atoms with Crippen molar-refractivity contribution in [2.75, 3.05) is 14.2 Å². The summed E-state index contributed by atoms with van der Waals surface area (Å²) in [5.41, 5.74) is -0.190. The zero-order valence-corrected chi connectivity index (χ0v) is 21.1. The molecular formula is C27H28N2O7. The van der Waals surface area contributed by atoms with Crippen molar-refractivity contribution in [2.24, 2.45) is 5.41 Å². The average molecular weight is 493 g/mol. The van der Waals surface area contributed by atoms with Crippen molar-refractivity contribution in [3.8, 4) is 17.1 Å². The Labute approximate surface area is 207 Å². The molecule has 2 aliphatic heterocycles. The number of ether oxygens (including phenoxy) is 4. The van der Waals surface area contributed by atoms with E-state index in [1.54, 1.807) is 20.1 Å². The Balaban J connectivity index is 1.76. The molecule has 0 N–H and O–H groups in total. The van der Waals surface area contributed by atoms with Crippen LogP contribution in [0.4, 0.5) is 0 Å². The second kappa shape index (κ2) is 8.16. The van der Waals surface area contributed by atoms with Gasteiger partial charge in [-0.3, -0.25) is 4.79 Å².